The Morgan fingerprint density at radius 2 is 1.95 bits per heavy atom. The number of hydrogen-bond acceptors (Lipinski definition) is 9. The number of ether oxygens (including phenoxy) is 2. The first-order valence-corrected chi connectivity index (χ1v) is 14.4. The first kappa shape index (κ1) is 29.2. The van der Waals surface area contributed by atoms with Gasteiger partial charge in [-0.25, -0.2) is 4.79 Å². The second-order valence-electron chi connectivity index (χ2n) is 13.0. The third kappa shape index (κ3) is 3.44. The highest BCUT2D eigenvalue weighted by molar-refractivity contribution is 5.98. The van der Waals surface area contributed by atoms with Crippen LogP contribution in [0.1, 0.15) is 79.6 Å². The van der Waals surface area contributed by atoms with E-state index in [1.165, 1.54) is 13.8 Å². The number of rotatable bonds is 5. The summed E-state index contributed by atoms with van der Waals surface area (Å²) in [4.78, 5) is 38.4. The minimum absolute atomic E-state index is 0.0207. The Morgan fingerprint density at radius 1 is 1.25 bits per heavy atom. The van der Waals surface area contributed by atoms with Crippen LogP contribution in [-0.2, 0) is 23.9 Å². The molecule has 0 bridgehead atoms. The van der Waals surface area contributed by atoms with E-state index >= 15 is 0 Å². The minimum atomic E-state index is -2.06. The molecule has 9 nitrogen and oxygen atoms in total. The monoisotopic (exact) mass is 558 g/mol. The first-order chi connectivity index (χ1) is 18.7. The highest BCUT2D eigenvalue weighted by Gasteiger charge is 2.81. The average Bonchev–Trinajstić information content (AvgIpc) is 3.09. The second-order valence-corrected chi connectivity index (χ2v) is 13.0. The van der Waals surface area contributed by atoms with Crippen LogP contribution < -0.4 is 0 Å². The van der Waals surface area contributed by atoms with Crippen LogP contribution in [0.2, 0.25) is 0 Å². The summed E-state index contributed by atoms with van der Waals surface area (Å²) in [6.07, 6.45) is 5.10. The number of aliphatic hydroxyl groups excluding tert-OH is 1. The molecule has 5 aliphatic rings. The maximum absolute atomic E-state index is 13.4. The van der Waals surface area contributed by atoms with E-state index in [0.29, 0.717) is 24.8 Å². The molecule has 4 N–H and O–H groups in total. The number of allylic oxidation sites excluding steroid dienone is 4. The molecule has 1 aliphatic heterocycles. The Labute approximate surface area is 234 Å². The van der Waals surface area contributed by atoms with Crippen molar-refractivity contribution in [3.63, 3.8) is 0 Å². The Hall–Kier alpha value is -2.33. The Morgan fingerprint density at radius 3 is 2.55 bits per heavy atom. The van der Waals surface area contributed by atoms with Gasteiger partial charge in [0.1, 0.15) is 29.0 Å². The highest BCUT2D eigenvalue weighted by atomic mass is 16.6. The molecule has 9 heteroatoms. The predicted molar refractivity (Wildman–Crippen MR) is 143 cm³/mol. The molecule has 5 rings (SSSR count). The number of hydrogen-bond donors (Lipinski definition) is 4. The topological polar surface area (TPSA) is 151 Å². The molecular weight excluding hydrogens is 516 g/mol. The molecule has 9 atom stereocenters. The van der Waals surface area contributed by atoms with Gasteiger partial charge < -0.3 is 29.9 Å². The lowest BCUT2D eigenvalue weighted by atomic mass is 9.43. The minimum Gasteiger partial charge on any atom is -0.459 e. The Kier molecular flexibility index (Phi) is 6.81. The van der Waals surface area contributed by atoms with E-state index in [0.717, 1.165) is 5.57 Å². The number of esters is 2. The molecule has 40 heavy (non-hydrogen) atoms. The summed E-state index contributed by atoms with van der Waals surface area (Å²) < 4.78 is 11.4. The first-order valence-electron chi connectivity index (χ1n) is 14.4. The molecule has 0 radical (unpaired) electrons. The molecular formula is C31H42O9. The van der Waals surface area contributed by atoms with Crippen LogP contribution in [0.3, 0.4) is 0 Å². The van der Waals surface area contributed by atoms with Crippen LogP contribution in [0.15, 0.2) is 34.9 Å². The zero-order valence-electron chi connectivity index (χ0n) is 24.0. The van der Waals surface area contributed by atoms with Crippen LogP contribution in [0.25, 0.3) is 0 Å². The third-order valence-electron chi connectivity index (χ3n) is 11.6. The van der Waals surface area contributed by atoms with E-state index in [1.54, 1.807) is 13.0 Å². The van der Waals surface area contributed by atoms with Gasteiger partial charge in [0.2, 0.25) is 0 Å². The van der Waals surface area contributed by atoms with Gasteiger partial charge in [-0.3, -0.25) is 9.59 Å². The molecule has 220 valence electrons. The van der Waals surface area contributed by atoms with Crippen molar-refractivity contribution in [3.8, 4) is 0 Å². The maximum Gasteiger partial charge on any atom is 0.336 e. The summed E-state index contributed by atoms with van der Waals surface area (Å²) in [5.74, 6) is -2.20. The maximum atomic E-state index is 13.4. The van der Waals surface area contributed by atoms with Gasteiger partial charge in [0.05, 0.1) is 17.6 Å². The molecule has 1 heterocycles. The number of cyclic esters (lactones) is 1. The van der Waals surface area contributed by atoms with Crippen LogP contribution >= 0.6 is 0 Å². The number of ketones is 1. The van der Waals surface area contributed by atoms with Crippen molar-refractivity contribution in [1.82, 2.24) is 0 Å². The molecule has 0 aromatic carbocycles. The summed E-state index contributed by atoms with van der Waals surface area (Å²) in [6, 6.07) is 0. The highest BCUT2D eigenvalue weighted by Crippen LogP contribution is 2.72. The van der Waals surface area contributed by atoms with Crippen molar-refractivity contribution < 1.29 is 44.3 Å². The van der Waals surface area contributed by atoms with Gasteiger partial charge in [-0.2, -0.15) is 0 Å². The van der Waals surface area contributed by atoms with Gasteiger partial charge in [-0.15, -0.1) is 0 Å². The van der Waals surface area contributed by atoms with Gasteiger partial charge in [-0.05, 0) is 70.8 Å². The van der Waals surface area contributed by atoms with E-state index in [1.807, 2.05) is 26.0 Å². The fourth-order valence-electron chi connectivity index (χ4n) is 9.40. The van der Waals surface area contributed by atoms with Gasteiger partial charge in [0.15, 0.2) is 5.78 Å². The lowest BCUT2D eigenvalue weighted by Crippen LogP contribution is -2.73. The quantitative estimate of drug-likeness (QED) is 0.295. The largest absolute Gasteiger partial charge is 0.459 e. The van der Waals surface area contributed by atoms with E-state index < -0.39 is 64.3 Å². The number of fused-ring (bicyclic) bond motifs is 5. The summed E-state index contributed by atoms with van der Waals surface area (Å²) in [6.45, 7) is 7.60. The Bertz CT molecular complexity index is 1230. The zero-order chi connectivity index (χ0) is 29.5. The molecule has 0 aromatic rings. The van der Waals surface area contributed by atoms with E-state index in [2.05, 4.69) is 0 Å². The summed E-state index contributed by atoms with van der Waals surface area (Å²) >= 11 is 0. The smallest absolute Gasteiger partial charge is 0.336 e. The van der Waals surface area contributed by atoms with Gasteiger partial charge >= 0.3 is 11.9 Å². The summed E-state index contributed by atoms with van der Waals surface area (Å²) in [7, 11) is 0. The van der Waals surface area contributed by atoms with E-state index in [9.17, 15) is 34.8 Å². The fourth-order valence-corrected chi connectivity index (χ4v) is 9.40. The Balaban J connectivity index is 1.65. The number of carbonyl (C=O) groups excluding carboxylic acids is 3. The van der Waals surface area contributed by atoms with Crippen molar-refractivity contribution >= 4 is 17.7 Å². The molecule has 0 amide bonds. The van der Waals surface area contributed by atoms with E-state index in [4.69, 9.17) is 9.47 Å². The van der Waals surface area contributed by atoms with Gasteiger partial charge in [0.25, 0.3) is 0 Å². The van der Waals surface area contributed by atoms with Crippen molar-refractivity contribution in [2.24, 2.45) is 22.7 Å². The van der Waals surface area contributed by atoms with Gasteiger partial charge in [0, 0.05) is 25.2 Å². The van der Waals surface area contributed by atoms with E-state index in [-0.39, 0.29) is 43.0 Å². The standard InChI is InChI=1S/C31H42O9/c1-6-29-13-12-21-22(11-10-19-8-7-9-23(34)27(19,21)4)31(29,38)25(39-18(3)33)15-30(29,37)28(5,36)24-14-17(2)20(16-32)26(35)40-24/h7,9-10,21-22,24-25,32,36-38H,6,8,11-16H2,1-5H3/t21-,22+,24+,25-,27-,28-,29+,30+,31-/m0/s1. The van der Waals surface area contributed by atoms with Crippen LogP contribution in [-0.4, -0.2) is 73.8 Å². The molecule has 2 fully saturated rings. The van der Waals surface area contributed by atoms with Crippen LogP contribution in [0, 0.1) is 22.7 Å². The van der Waals surface area contributed by atoms with Gasteiger partial charge in [-0.1, -0.05) is 30.2 Å². The lowest BCUT2D eigenvalue weighted by Gasteiger charge is -2.64. The SMILES string of the molecule is CC[C@]12CC[C@H]3[C@@H](CC=C4CC=CC(=O)[C@@]43C)[C@]1(O)[C@@H](OC(C)=O)C[C@@]2(O)[C@@](C)(O)[C@H]1CC(C)=C(CO)C(=O)O1. The van der Waals surface area contributed by atoms with Crippen molar-refractivity contribution in [1.29, 1.82) is 0 Å². The summed E-state index contributed by atoms with van der Waals surface area (Å²) in [5.41, 5.74) is -6.34. The molecule has 0 aromatic heterocycles. The van der Waals surface area contributed by atoms with Crippen molar-refractivity contribution in [3.05, 3.63) is 34.9 Å². The lowest BCUT2D eigenvalue weighted by molar-refractivity contribution is -0.291. The third-order valence-corrected chi connectivity index (χ3v) is 11.6. The number of carbonyl (C=O) groups is 3. The van der Waals surface area contributed by atoms with Crippen LogP contribution in [0.4, 0.5) is 0 Å². The molecule has 0 spiro atoms. The average molecular weight is 559 g/mol. The molecule has 0 unspecified atom stereocenters. The molecule has 0 saturated heterocycles. The summed E-state index contributed by atoms with van der Waals surface area (Å²) in [5, 5.41) is 47.6. The molecule has 2 saturated carbocycles. The number of aliphatic hydroxyl groups is 4. The fraction of sp³-hybridized carbons (Fsp3) is 0.710. The van der Waals surface area contributed by atoms with Crippen molar-refractivity contribution in [2.45, 2.75) is 109 Å². The predicted octanol–water partition coefficient (Wildman–Crippen LogP) is 2.45. The second kappa shape index (κ2) is 9.34. The van der Waals surface area contributed by atoms with Crippen molar-refractivity contribution in [2.75, 3.05) is 6.61 Å². The normalized spacial score (nSPS) is 44.2. The van der Waals surface area contributed by atoms with Crippen LogP contribution in [0.5, 0.6) is 0 Å². The molecule has 4 aliphatic carbocycles. The zero-order valence-corrected chi connectivity index (χ0v) is 24.0.